The third kappa shape index (κ3) is 3.63. The number of aryl methyl sites for hydroxylation is 1. The Labute approximate surface area is 131 Å². The maximum atomic E-state index is 12.7. The first kappa shape index (κ1) is 16.0. The van der Waals surface area contributed by atoms with Crippen molar-refractivity contribution in [2.24, 2.45) is 0 Å². The van der Waals surface area contributed by atoms with E-state index in [1.54, 1.807) is 19.1 Å². The van der Waals surface area contributed by atoms with Crippen LogP contribution < -0.4 is 0 Å². The molecule has 0 N–H and O–H groups in total. The number of thiazole rings is 1. The summed E-state index contributed by atoms with van der Waals surface area (Å²) in [5.41, 5.74) is 0.353. The number of hydrogen-bond donors (Lipinski definition) is 0. The fraction of sp³-hybridized carbons (Fsp3) is 0.333. The molecule has 0 amide bonds. The molecule has 0 aliphatic carbocycles. The van der Waals surface area contributed by atoms with Crippen LogP contribution in [-0.4, -0.2) is 24.3 Å². The first-order chi connectivity index (χ1) is 9.95. The summed E-state index contributed by atoms with van der Waals surface area (Å²) >= 11 is 6.68. The molecule has 2 rings (SSSR count). The Bertz CT molecular complexity index is 747. The standard InChI is InChI=1S/C12H12ClN3O3S2/c1-9-11(20-12(13)15-9)21(17,18)16(6-3-5-14)8-10-4-2-7-19-10/h2,4,7H,3,6,8H2,1H3. The van der Waals surface area contributed by atoms with Gasteiger partial charge in [0.1, 0.15) is 5.76 Å². The van der Waals surface area contributed by atoms with Crippen molar-refractivity contribution in [2.45, 2.75) is 24.1 Å². The molecule has 2 aromatic rings. The van der Waals surface area contributed by atoms with Gasteiger partial charge in [0.25, 0.3) is 10.0 Å². The Morgan fingerprint density at radius 1 is 1.57 bits per heavy atom. The molecule has 0 aromatic carbocycles. The van der Waals surface area contributed by atoms with Gasteiger partial charge >= 0.3 is 0 Å². The molecule has 9 heteroatoms. The number of hydrogen-bond acceptors (Lipinski definition) is 6. The van der Waals surface area contributed by atoms with E-state index < -0.39 is 10.0 Å². The highest BCUT2D eigenvalue weighted by atomic mass is 35.5. The Hall–Kier alpha value is -1.40. The highest BCUT2D eigenvalue weighted by Crippen LogP contribution is 2.30. The Balaban J connectivity index is 2.34. The predicted octanol–water partition coefficient (Wildman–Crippen LogP) is 2.80. The summed E-state index contributed by atoms with van der Waals surface area (Å²) in [6.07, 6.45) is 1.56. The van der Waals surface area contributed by atoms with Crippen LogP contribution >= 0.6 is 22.9 Å². The molecular formula is C12H12ClN3O3S2. The van der Waals surface area contributed by atoms with E-state index in [0.717, 1.165) is 11.3 Å². The zero-order chi connectivity index (χ0) is 15.5. The van der Waals surface area contributed by atoms with E-state index in [1.165, 1.54) is 10.6 Å². The second kappa shape index (κ2) is 6.58. The van der Waals surface area contributed by atoms with Gasteiger partial charge in [-0.1, -0.05) is 22.9 Å². The van der Waals surface area contributed by atoms with Crippen LogP contribution in [0.3, 0.4) is 0 Å². The zero-order valence-corrected chi connectivity index (χ0v) is 13.5. The summed E-state index contributed by atoms with van der Waals surface area (Å²) in [7, 11) is -3.77. The second-order valence-electron chi connectivity index (χ2n) is 4.17. The summed E-state index contributed by atoms with van der Waals surface area (Å²) in [5, 5.41) is 8.71. The number of furan rings is 1. The highest BCUT2D eigenvalue weighted by Gasteiger charge is 2.29. The highest BCUT2D eigenvalue weighted by molar-refractivity contribution is 7.91. The van der Waals surface area contributed by atoms with Crippen molar-refractivity contribution in [3.05, 3.63) is 34.3 Å². The minimum absolute atomic E-state index is 0.0615. The van der Waals surface area contributed by atoms with Crippen LogP contribution in [0.4, 0.5) is 0 Å². The molecule has 0 saturated heterocycles. The van der Waals surface area contributed by atoms with E-state index in [1.807, 2.05) is 6.07 Å². The van der Waals surface area contributed by atoms with Crippen LogP contribution in [-0.2, 0) is 16.6 Å². The van der Waals surface area contributed by atoms with Crippen LogP contribution in [0.15, 0.2) is 27.0 Å². The smallest absolute Gasteiger partial charge is 0.254 e. The minimum atomic E-state index is -3.77. The van der Waals surface area contributed by atoms with Gasteiger partial charge < -0.3 is 4.42 Å². The van der Waals surface area contributed by atoms with Gasteiger partial charge in [-0.25, -0.2) is 13.4 Å². The van der Waals surface area contributed by atoms with E-state index >= 15 is 0 Å². The molecule has 0 bridgehead atoms. The van der Waals surface area contributed by atoms with E-state index in [4.69, 9.17) is 21.3 Å². The van der Waals surface area contributed by atoms with Crippen LogP contribution in [0.25, 0.3) is 0 Å². The quantitative estimate of drug-likeness (QED) is 0.803. The number of nitriles is 1. The summed E-state index contributed by atoms with van der Waals surface area (Å²) in [6, 6.07) is 5.31. The van der Waals surface area contributed by atoms with Crippen molar-refractivity contribution in [1.29, 1.82) is 5.26 Å². The fourth-order valence-electron chi connectivity index (χ4n) is 1.74. The molecule has 0 spiro atoms. The Morgan fingerprint density at radius 3 is 2.86 bits per heavy atom. The van der Waals surface area contributed by atoms with E-state index in [9.17, 15) is 8.42 Å². The lowest BCUT2D eigenvalue weighted by Gasteiger charge is -2.19. The number of rotatable bonds is 6. The third-order valence-corrected chi connectivity index (χ3v) is 6.38. The molecule has 21 heavy (non-hydrogen) atoms. The van der Waals surface area contributed by atoms with Gasteiger partial charge in [0.05, 0.1) is 24.6 Å². The molecule has 0 aliphatic heterocycles. The third-order valence-electron chi connectivity index (χ3n) is 2.69. The molecule has 2 aromatic heterocycles. The summed E-state index contributed by atoms with van der Waals surface area (Å²) in [5.74, 6) is 0.504. The molecule has 0 saturated carbocycles. The monoisotopic (exact) mass is 345 g/mol. The van der Waals surface area contributed by atoms with E-state index in [0.29, 0.717) is 11.5 Å². The van der Waals surface area contributed by atoms with E-state index in [2.05, 4.69) is 4.98 Å². The lowest BCUT2D eigenvalue weighted by Crippen LogP contribution is -2.31. The van der Waals surface area contributed by atoms with Crippen LogP contribution in [0, 0.1) is 18.3 Å². The molecule has 2 heterocycles. The van der Waals surface area contributed by atoms with Gasteiger partial charge in [0.2, 0.25) is 0 Å². The summed E-state index contributed by atoms with van der Waals surface area (Å²) in [6.45, 7) is 1.73. The first-order valence-electron chi connectivity index (χ1n) is 5.97. The minimum Gasteiger partial charge on any atom is -0.468 e. The zero-order valence-electron chi connectivity index (χ0n) is 11.1. The summed E-state index contributed by atoms with van der Waals surface area (Å²) in [4.78, 5) is 3.93. The van der Waals surface area contributed by atoms with Gasteiger partial charge in [-0.2, -0.15) is 9.57 Å². The first-order valence-corrected chi connectivity index (χ1v) is 8.61. The van der Waals surface area contributed by atoms with E-state index in [-0.39, 0.29) is 28.2 Å². The number of aromatic nitrogens is 1. The number of halogens is 1. The van der Waals surface area contributed by atoms with Crippen LogP contribution in [0.5, 0.6) is 0 Å². The topological polar surface area (TPSA) is 87.2 Å². The van der Waals surface area contributed by atoms with Crippen molar-refractivity contribution in [3.63, 3.8) is 0 Å². The maximum Gasteiger partial charge on any atom is 0.254 e. The number of nitrogens with zero attached hydrogens (tertiary/aromatic N) is 3. The molecule has 6 nitrogen and oxygen atoms in total. The van der Waals surface area contributed by atoms with Gasteiger partial charge in [-0.3, -0.25) is 0 Å². The molecule has 0 unspecified atom stereocenters. The average molecular weight is 346 g/mol. The van der Waals surface area contributed by atoms with Gasteiger partial charge in [-0.15, -0.1) is 0 Å². The van der Waals surface area contributed by atoms with Crippen molar-refractivity contribution >= 4 is 33.0 Å². The average Bonchev–Trinajstić information content (AvgIpc) is 3.04. The lowest BCUT2D eigenvalue weighted by molar-refractivity contribution is 0.369. The molecule has 0 fully saturated rings. The van der Waals surface area contributed by atoms with Gasteiger partial charge in [0.15, 0.2) is 8.68 Å². The largest absolute Gasteiger partial charge is 0.468 e. The molecule has 0 radical (unpaired) electrons. The van der Waals surface area contributed by atoms with Crippen molar-refractivity contribution in [3.8, 4) is 6.07 Å². The summed E-state index contributed by atoms with van der Waals surface area (Å²) < 4.78 is 32.0. The molecule has 0 aliphatic rings. The SMILES string of the molecule is Cc1nc(Cl)sc1S(=O)(=O)N(CCC#N)Cc1ccco1. The Kier molecular flexibility index (Phi) is 5.00. The van der Waals surface area contributed by atoms with Crippen molar-refractivity contribution in [2.75, 3.05) is 6.54 Å². The molecular weight excluding hydrogens is 334 g/mol. The van der Waals surface area contributed by atoms with Crippen LogP contribution in [0.2, 0.25) is 4.47 Å². The molecule has 112 valence electrons. The van der Waals surface area contributed by atoms with Gasteiger partial charge in [-0.05, 0) is 19.1 Å². The fourth-order valence-corrected chi connectivity index (χ4v) is 5.02. The predicted molar refractivity (Wildman–Crippen MR) is 78.4 cm³/mol. The lowest BCUT2D eigenvalue weighted by atomic mass is 10.4. The van der Waals surface area contributed by atoms with Crippen LogP contribution in [0.1, 0.15) is 17.9 Å². The van der Waals surface area contributed by atoms with Gasteiger partial charge in [0, 0.05) is 13.0 Å². The normalized spacial score (nSPS) is 11.7. The molecule has 0 atom stereocenters. The maximum absolute atomic E-state index is 12.7. The Morgan fingerprint density at radius 2 is 2.33 bits per heavy atom. The van der Waals surface area contributed by atoms with Crippen molar-refractivity contribution in [1.82, 2.24) is 9.29 Å². The number of sulfonamides is 1. The second-order valence-corrected chi connectivity index (χ2v) is 7.88. The van der Waals surface area contributed by atoms with Crippen molar-refractivity contribution < 1.29 is 12.8 Å².